The van der Waals surface area contributed by atoms with E-state index < -0.39 is 10.0 Å². The number of para-hydroxylation sites is 1. The van der Waals surface area contributed by atoms with E-state index in [0.29, 0.717) is 17.0 Å². The van der Waals surface area contributed by atoms with Crippen LogP contribution >= 0.6 is 0 Å². The fourth-order valence-corrected chi connectivity index (χ4v) is 4.33. The van der Waals surface area contributed by atoms with Gasteiger partial charge in [-0.1, -0.05) is 66.2 Å². The van der Waals surface area contributed by atoms with Crippen LogP contribution in [0.4, 0.5) is 0 Å². The van der Waals surface area contributed by atoms with Crippen molar-refractivity contribution in [3.8, 4) is 17.0 Å². The van der Waals surface area contributed by atoms with Crippen molar-refractivity contribution in [2.24, 2.45) is 0 Å². The number of aromatic hydroxyl groups is 1. The van der Waals surface area contributed by atoms with Crippen molar-refractivity contribution in [3.63, 3.8) is 0 Å². The van der Waals surface area contributed by atoms with Crippen LogP contribution in [0.15, 0.2) is 89.8 Å². The molecule has 30 heavy (non-hydrogen) atoms. The number of phenols is 1. The van der Waals surface area contributed by atoms with Gasteiger partial charge in [0.05, 0.1) is 16.3 Å². The molecule has 1 heterocycles. The quantitative estimate of drug-likeness (QED) is 0.498. The number of aromatic nitrogens is 2. The van der Waals surface area contributed by atoms with Crippen molar-refractivity contribution >= 4 is 22.2 Å². The molecule has 5 nitrogen and oxygen atoms in total. The summed E-state index contributed by atoms with van der Waals surface area (Å²) in [5, 5.41) is 14.5. The lowest BCUT2D eigenvalue weighted by Crippen LogP contribution is -2.16. The maximum atomic E-state index is 13.3. The highest BCUT2D eigenvalue weighted by atomic mass is 32.2. The summed E-state index contributed by atoms with van der Waals surface area (Å²) in [6.45, 7) is 1.90. The molecule has 0 aliphatic rings. The summed E-state index contributed by atoms with van der Waals surface area (Å²) in [4.78, 5) is 0.148. The van der Waals surface area contributed by atoms with Gasteiger partial charge in [0.15, 0.2) is 0 Å². The summed E-state index contributed by atoms with van der Waals surface area (Å²) in [5.41, 5.74) is 3.12. The van der Waals surface area contributed by atoms with E-state index in [0.717, 1.165) is 15.2 Å². The fourth-order valence-electron chi connectivity index (χ4n) is 3.06. The summed E-state index contributed by atoms with van der Waals surface area (Å²) in [6.07, 6.45) is 3.53. The van der Waals surface area contributed by atoms with E-state index in [-0.39, 0.29) is 10.6 Å². The zero-order valence-electron chi connectivity index (χ0n) is 16.3. The number of rotatable bonds is 5. The Morgan fingerprint density at radius 2 is 1.53 bits per heavy atom. The average Bonchev–Trinajstić information content (AvgIpc) is 3.18. The predicted molar refractivity (Wildman–Crippen MR) is 118 cm³/mol. The zero-order valence-corrected chi connectivity index (χ0v) is 17.1. The monoisotopic (exact) mass is 416 g/mol. The molecule has 6 heteroatoms. The fraction of sp³-hybridized carbons (Fsp3) is 0.0417. The molecule has 3 aromatic carbocycles. The summed E-state index contributed by atoms with van der Waals surface area (Å²) in [7, 11) is -3.92. The van der Waals surface area contributed by atoms with Crippen LogP contribution in [0.5, 0.6) is 5.75 Å². The number of phenolic OH excluding ortho intramolecular Hbond substituents is 1. The van der Waals surface area contributed by atoms with Gasteiger partial charge in [0, 0.05) is 5.56 Å². The van der Waals surface area contributed by atoms with Gasteiger partial charge in [0.2, 0.25) is 0 Å². The van der Waals surface area contributed by atoms with E-state index in [1.165, 1.54) is 0 Å². The van der Waals surface area contributed by atoms with Crippen LogP contribution in [-0.2, 0) is 10.0 Å². The van der Waals surface area contributed by atoms with Crippen molar-refractivity contribution in [1.82, 2.24) is 9.19 Å². The lowest BCUT2D eigenvalue weighted by molar-refractivity contribution is 0.477. The Balaban J connectivity index is 1.86. The molecule has 0 amide bonds. The zero-order chi connectivity index (χ0) is 21.1. The number of nitrogens with zero attached hydrogens (tertiary/aromatic N) is 2. The van der Waals surface area contributed by atoms with Crippen molar-refractivity contribution < 1.29 is 13.5 Å². The van der Waals surface area contributed by atoms with Crippen molar-refractivity contribution in [1.29, 1.82) is 0 Å². The SMILES string of the molecule is Cc1ccc(S(=O)(=O)n2nc(-c3ccccc3O)cc2/C=C/c2ccccc2)cc1. The molecule has 1 aromatic heterocycles. The Bertz CT molecular complexity index is 1310. The Morgan fingerprint density at radius 3 is 2.23 bits per heavy atom. The van der Waals surface area contributed by atoms with Crippen molar-refractivity contribution in [2.75, 3.05) is 0 Å². The molecule has 0 radical (unpaired) electrons. The summed E-state index contributed by atoms with van der Waals surface area (Å²) in [6, 6.07) is 24.6. The Hall–Kier alpha value is -3.64. The van der Waals surface area contributed by atoms with Gasteiger partial charge in [0.1, 0.15) is 5.75 Å². The first-order chi connectivity index (χ1) is 14.4. The molecule has 0 unspecified atom stereocenters. The van der Waals surface area contributed by atoms with E-state index in [1.54, 1.807) is 60.7 Å². The molecule has 0 fully saturated rings. The van der Waals surface area contributed by atoms with E-state index in [4.69, 9.17) is 0 Å². The molecule has 0 bridgehead atoms. The first-order valence-corrected chi connectivity index (χ1v) is 10.8. The second-order valence-corrected chi connectivity index (χ2v) is 8.64. The third kappa shape index (κ3) is 3.90. The third-order valence-electron chi connectivity index (χ3n) is 4.68. The largest absolute Gasteiger partial charge is 0.507 e. The van der Waals surface area contributed by atoms with Gasteiger partial charge in [-0.2, -0.15) is 17.6 Å². The van der Waals surface area contributed by atoms with Crippen molar-refractivity contribution in [3.05, 3.63) is 102 Å². The predicted octanol–water partition coefficient (Wildman–Crippen LogP) is 4.97. The minimum Gasteiger partial charge on any atom is -0.507 e. The second kappa shape index (κ2) is 8.00. The molecule has 0 saturated carbocycles. The van der Waals surface area contributed by atoms with Crippen LogP contribution in [-0.4, -0.2) is 22.7 Å². The Kier molecular flexibility index (Phi) is 5.25. The highest BCUT2D eigenvalue weighted by molar-refractivity contribution is 7.89. The van der Waals surface area contributed by atoms with Gasteiger partial charge in [-0.05, 0) is 48.9 Å². The van der Waals surface area contributed by atoms with Gasteiger partial charge in [-0.25, -0.2) is 0 Å². The molecule has 0 aliphatic heterocycles. The molecule has 4 aromatic rings. The van der Waals surface area contributed by atoms with E-state index in [2.05, 4.69) is 5.10 Å². The molecular formula is C24H20N2O3S. The summed E-state index contributed by atoms with van der Waals surface area (Å²) in [5.74, 6) is 0.0356. The van der Waals surface area contributed by atoms with Gasteiger partial charge in [-0.3, -0.25) is 0 Å². The van der Waals surface area contributed by atoms with E-state index in [1.807, 2.05) is 43.3 Å². The molecule has 0 atom stereocenters. The standard InChI is InChI=1S/C24H20N2O3S/c1-18-11-15-21(16-12-18)30(28,29)26-20(14-13-19-7-3-2-4-8-19)17-23(25-26)22-9-5-6-10-24(22)27/h2-17,27H,1H3/b14-13+. The Labute approximate surface area is 175 Å². The molecule has 4 rings (SSSR count). The van der Waals surface area contributed by atoms with Crippen LogP contribution in [0.3, 0.4) is 0 Å². The summed E-state index contributed by atoms with van der Waals surface area (Å²) < 4.78 is 27.6. The molecular weight excluding hydrogens is 396 g/mol. The van der Waals surface area contributed by atoms with Crippen LogP contribution < -0.4 is 0 Å². The maximum absolute atomic E-state index is 13.3. The van der Waals surface area contributed by atoms with E-state index >= 15 is 0 Å². The lowest BCUT2D eigenvalue weighted by atomic mass is 10.1. The van der Waals surface area contributed by atoms with Crippen LogP contribution in [0, 0.1) is 6.92 Å². The minimum atomic E-state index is -3.92. The van der Waals surface area contributed by atoms with E-state index in [9.17, 15) is 13.5 Å². The van der Waals surface area contributed by atoms with Crippen LogP contribution in [0.1, 0.15) is 16.8 Å². The number of hydrogen-bond donors (Lipinski definition) is 1. The third-order valence-corrected chi connectivity index (χ3v) is 6.29. The molecule has 0 saturated heterocycles. The molecule has 0 spiro atoms. The smallest absolute Gasteiger partial charge is 0.283 e. The number of hydrogen-bond acceptors (Lipinski definition) is 4. The average molecular weight is 417 g/mol. The van der Waals surface area contributed by atoms with Gasteiger partial charge in [0.25, 0.3) is 10.0 Å². The number of benzene rings is 3. The van der Waals surface area contributed by atoms with Crippen LogP contribution in [0.2, 0.25) is 0 Å². The first kappa shape index (κ1) is 19.7. The van der Waals surface area contributed by atoms with Crippen molar-refractivity contribution in [2.45, 2.75) is 11.8 Å². The minimum absolute atomic E-state index is 0.0356. The van der Waals surface area contributed by atoms with Gasteiger partial charge in [-0.15, -0.1) is 0 Å². The van der Waals surface area contributed by atoms with Gasteiger partial charge >= 0.3 is 0 Å². The Morgan fingerprint density at radius 1 is 0.867 bits per heavy atom. The molecule has 150 valence electrons. The molecule has 0 aliphatic carbocycles. The highest BCUT2D eigenvalue weighted by Crippen LogP contribution is 2.30. The topological polar surface area (TPSA) is 72.2 Å². The number of aryl methyl sites for hydroxylation is 1. The van der Waals surface area contributed by atoms with Crippen LogP contribution in [0.25, 0.3) is 23.4 Å². The first-order valence-electron chi connectivity index (χ1n) is 9.39. The highest BCUT2D eigenvalue weighted by Gasteiger charge is 2.22. The second-order valence-electron chi connectivity index (χ2n) is 6.88. The van der Waals surface area contributed by atoms with Gasteiger partial charge < -0.3 is 5.11 Å². The maximum Gasteiger partial charge on any atom is 0.283 e. The summed E-state index contributed by atoms with van der Waals surface area (Å²) >= 11 is 0. The lowest BCUT2D eigenvalue weighted by Gasteiger charge is -2.07. The normalized spacial score (nSPS) is 11.8. The molecule has 1 N–H and O–H groups in total.